The Morgan fingerprint density at radius 2 is 1.88 bits per heavy atom. The zero-order chi connectivity index (χ0) is 18.4. The lowest BCUT2D eigenvalue weighted by Gasteiger charge is -2.36. The number of likely N-dealkylation sites (tertiary alicyclic amines) is 2. The number of amides is 2. The van der Waals surface area contributed by atoms with Gasteiger partial charge in [-0.15, -0.1) is 0 Å². The van der Waals surface area contributed by atoms with E-state index < -0.39 is 0 Å². The van der Waals surface area contributed by atoms with Gasteiger partial charge >= 0.3 is 0 Å². The molecule has 3 rings (SSSR count). The highest BCUT2D eigenvalue weighted by molar-refractivity contribution is 5.93. The number of nitrogens with zero attached hydrogens (tertiary/aromatic N) is 2. The normalized spacial score (nSPS) is 21.3. The lowest BCUT2D eigenvalue weighted by atomic mass is 9.95. The van der Waals surface area contributed by atoms with Crippen LogP contribution < -0.4 is 10.1 Å². The quantitative estimate of drug-likeness (QED) is 0.877. The van der Waals surface area contributed by atoms with Gasteiger partial charge in [-0.25, -0.2) is 0 Å². The van der Waals surface area contributed by atoms with E-state index in [-0.39, 0.29) is 17.7 Å². The zero-order valence-electron chi connectivity index (χ0n) is 15.6. The van der Waals surface area contributed by atoms with Crippen LogP contribution in [0.2, 0.25) is 0 Å². The average molecular weight is 359 g/mol. The molecule has 0 aromatic heterocycles. The molecule has 6 nitrogen and oxygen atoms in total. The molecule has 2 heterocycles. The number of nitrogens with one attached hydrogen (secondary N) is 1. The number of methoxy groups -OCH3 is 1. The summed E-state index contributed by atoms with van der Waals surface area (Å²) in [4.78, 5) is 29.3. The number of carbonyl (C=O) groups is 2. The van der Waals surface area contributed by atoms with Gasteiger partial charge in [0.1, 0.15) is 5.75 Å². The summed E-state index contributed by atoms with van der Waals surface area (Å²) in [5.74, 6) is 0.888. The van der Waals surface area contributed by atoms with Crippen molar-refractivity contribution in [3.63, 3.8) is 0 Å². The molecule has 0 radical (unpaired) electrons. The van der Waals surface area contributed by atoms with Crippen LogP contribution in [0.15, 0.2) is 24.3 Å². The van der Waals surface area contributed by atoms with E-state index in [0.717, 1.165) is 45.3 Å². The molecular formula is C20H29N3O3. The Hall–Kier alpha value is -2.08. The molecule has 0 aliphatic carbocycles. The van der Waals surface area contributed by atoms with Crippen LogP contribution in [0.5, 0.6) is 5.75 Å². The molecule has 2 saturated heterocycles. The highest BCUT2D eigenvalue weighted by atomic mass is 16.5. The number of carbonyl (C=O) groups excluding carboxylic acids is 2. The highest BCUT2D eigenvalue weighted by Crippen LogP contribution is 2.24. The average Bonchev–Trinajstić information content (AvgIpc) is 2.68. The van der Waals surface area contributed by atoms with Gasteiger partial charge in [-0.05, 0) is 50.8 Å². The molecule has 2 amide bonds. The van der Waals surface area contributed by atoms with E-state index in [4.69, 9.17) is 4.74 Å². The van der Waals surface area contributed by atoms with Crippen LogP contribution in [0.3, 0.4) is 0 Å². The van der Waals surface area contributed by atoms with E-state index in [9.17, 15) is 9.59 Å². The maximum Gasteiger partial charge on any atom is 0.238 e. The molecule has 1 N–H and O–H groups in total. The van der Waals surface area contributed by atoms with Crippen LogP contribution in [0.25, 0.3) is 0 Å². The van der Waals surface area contributed by atoms with Gasteiger partial charge in [0.2, 0.25) is 11.8 Å². The molecular weight excluding hydrogens is 330 g/mol. The molecule has 0 bridgehead atoms. The van der Waals surface area contributed by atoms with Gasteiger partial charge in [0.25, 0.3) is 0 Å². The number of rotatable bonds is 5. The minimum atomic E-state index is -0.0689. The van der Waals surface area contributed by atoms with Crippen molar-refractivity contribution in [2.24, 2.45) is 5.92 Å². The summed E-state index contributed by atoms with van der Waals surface area (Å²) >= 11 is 0. The fourth-order valence-corrected chi connectivity index (χ4v) is 3.91. The minimum absolute atomic E-state index is 0.0286. The molecule has 2 fully saturated rings. The Morgan fingerprint density at radius 3 is 2.65 bits per heavy atom. The maximum atomic E-state index is 12.7. The molecule has 0 spiro atoms. The SMILES string of the molecule is COc1ccccc1NC(=O)CN1CCCC(C(=O)N2CCCCC2)C1. The standard InChI is InChI=1S/C20H29N3O3/c1-26-18-10-4-3-9-17(18)21-19(24)15-22-11-7-8-16(14-22)20(25)23-12-5-2-6-13-23/h3-4,9-10,16H,2,5-8,11-15H2,1H3,(H,21,24). The van der Waals surface area contributed by atoms with Gasteiger partial charge in [0.05, 0.1) is 25.3 Å². The first-order valence-corrected chi connectivity index (χ1v) is 9.61. The van der Waals surface area contributed by atoms with Crippen LogP contribution >= 0.6 is 0 Å². The summed E-state index contributed by atoms with van der Waals surface area (Å²) in [6.45, 7) is 3.63. The van der Waals surface area contributed by atoms with E-state index in [1.165, 1.54) is 6.42 Å². The Bertz CT molecular complexity index is 628. The van der Waals surface area contributed by atoms with Gasteiger partial charge < -0.3 is 15.0 Å². The molecule has 26 heavy (non-hydrogen) atoms. The van der Waals surface area contributed by atoms with Crippen LogP contribution in [0, 0.1) is 5.92 Å². The van der Waals surface area contributed by atoms with Gasteiger partial charge in [-0.2, -0.15) is 0 Å². The second-order valence-corrected chi connectivity index (χ2v) is 7.21. The number of piperidine rings is 2. The minimum Gasteiger partial charge on any atom is -0.495 e. The van der Waals surface area contributed by atoms with E-state index >= 15 is 0 Å². The predicted molar refractivity (Wildman–Crippen MR) is 101 cm³/mol. The van der Waals surface area contributed by atoms with Crippen molar-refractivity contribution in [2.45, 2.75) is 32.1 Å². The van der Waals surface area contributed by atoms with Crippen molar-refractivity contribution < 1.29 is 14.3 Å². The molecule has 1 aromatic rings. The van der Waals surface area contributed by atoms with Crippen molar-refractivity contribution in [1.29, 1.82) is 0 Å². The number of hydrogen-bond acceptors (Lipinski definition) is 4. The molecule has 142 valence electrons. The largest absolute Gasteiger partial charge is 0.495 e. The van der Waals surface area contributed by atoms with Gasteiger partial charge in [0.15, 0.2) is 0 Å². The number of hydrogen-bond donors (Lipinski definition) is 1. The van der Waals surface area contributed by atoms with Crippen molar-refractivity contribution in [1.82, 2.24) is 9.80 Å². The third kappa shape index (κ3) is 4.75. The summed E-state index contributed by atoms with van der Waals surface area (Å²) in [7, 11) is 1.59. The predicted octanol–water partition coefficient (Wildman–Crippen LogP) is 2.36. The molecule has 2 aliphatic rings. The Kier molecular flexibility index (Phi) is 6.50. The second-order valence-electron chi connectivity index (χ2n) is 7.21. The van der Waals surface area contributed by atoms with Crippen LogP contribution in [0.4, 0.5) is 5.69 Å². The van der Waals surface area contributed by atoms with Crippen LogP contribution in [0.1, 0.15) is 32.1 Å². The van der Waals surface area contributed by atoms with Gasteiger partial charge in [-0.1, -0.05) is 12.1 Å². The molecule has 2 aliphatic heterocycles. The fraction of sp³-hybridized carbons (Fsp3) is 0.600. The van der Waals surface area contributed by atoms with Gasteiger partial charge in [0, 0.05) is 19.6 Å². The first kappa shape index (κ1) is 18.7. The van der Waals surface area contributed by atoms with Crippen molar-refractivity contribution in [3.8, 4) is 5.75 Å². The van der Waals surface area contributed by atoms with Crippen LogP contribution in [-0.2, 0) is 9.59 Å². The first-order valence-electron chi connectivity index (χ1n) is 9.61. The third-order valence-electron chi connectivity index (χ3n) is 5.27. The van der Waals surface area contributed by atoms with Gasteiger partial charge in [-0.3, -0.25) is 14.5 Å². The second kappa shape index (κ2) is 9.03. The lowest BCUT2D eigenvalue weighted by molar-refractivity contribution is -0.138. The van der Waals surface area contributed by atoms with Crippen LogP contribution in [-0.4, -0.2) is 61.4 Å². The smallest absolute Gasteiger partial charge is 0.238 e. The molecule has 0 saturated carbocycles. The number of benzene rings is 1. The monoisotopic (exact) mass is 359 g/mol. The zero-order valence-corrected chi connectivity index (χ0v) is 15.6. The van der Waals surface area contributed by atoms with Crippen molar-refractivity contribution in [2.75, 3.05) is 45.2 Å². The number of anilines is 1. The summed E-state index contributed by atoms with van der Waals surface area (Å²) in [6.07, 6.45) is 5.35. The summed E-state index contributed by atoms with van der Waals surface area (Å²) in [5, 5.41) is 2.92. The number of para-hydroxylation sites is 2. The number of ether oxygens (including phenoxy) is 1. The maximum absolute atomic E-state index is 12.7. The molecule has 1 unspecified atom stereocenters. The lowest BCUT2D eigenvalue weighted by Crippen LogP contribution is -2.47. The summed E-state index contributed by atoms with van der Waals surface area (Å²) in [6, 6.07) is 7.39. The summed E-state index contributed by atoms with van der Waals surface area (Å²) in [5.41, 5.74) is 0.679. The third-order valence-corrected chi connectivity index (χ3v) is 5.27. The van der Waals surface area contributed by atoms with Crippen molar-refractivity contribution >= 4 is 17.5 Å². The van der Waals surface area contributed by atoms with Crippen molar-refractivity contribution in [3.05, 3.63) is 24.3 Å². The fourth-order valence-electron chi connectivity index (χ4n) is 3.91. The summed E-state index contributed by atoms with van der Waals surface area (Å²) < 4.78 is 5.27. The Morgan fingerprint density at radius 1 is 1.12 bits per heavy atom. The molecule has 1 aromatic carbocycles. The molecule has 1 atom stereocenters. The topological polar surface area (TPSA) is 61.9 Å². The highest BCUT2D eigenvalue weighted by Gasteiger charge is 2.30. The first-order chi connectivity index (χ1) is 12.7. The van der Waals surface area contributed by atoms with E-state index in [1.54, 1.807) is 7.11 Å². The molecule has 6 heteroatoms. The Labute approximate surface area is 155 Å². The Balaban J connectivity index is 1.52. The van der Waals surface area contributed by atoms with E-state index in [2.05, 4.69) is 10.2 Å². The van der Waals surface area contributed by atoms with E-state index in [1.807, 2.05) is 29.2 Å². The van der Waals surface area contributed by atoms with E-state index in [0.29, 0.717) is 24.5 Å².